The number of benzene rings is 1. The Bertz CT molecular complexity index is 487. The molecule has 0 aliphatic heterocycles. The summed E-state index contributed by atoms with van der Waals surface area (Å²) >= 11 is 9.39. The van der Waals surface area contributed by atoms with E-state index in [2.05, 4.69) is 20.9 Å². The lowest BCUT2D eigenvalue weighted by molar-refractivity contribution is 0.415. The van der Waals surface area contributed by atoms with Crippen LogP contribution in [0, 0.1) is 0 Å². The number of aromatic nitrogens is 1. The predicted octanol–water partition coefficient (Wildman–Crippen LogP) is 3.66. The topological polar surface area (TPSA) is 22.1 Å². The Kier molecular flexibility index (Phi) is 2.61. The van der Waals surface area contributed by atoms with Crippen molar-refractivity contribution in [1.29, 1.82) is 0 Å². The molecular formula is C10H7BrClNO. The number of methoxy groups -OCH3 is 1. The van der Waals surface area contributed by atoms with E-state index in [9.17, 15) is 0 Å². The van der Waals surface area contributed by atoms with Crippen LogP contribution in [0.3, 0.4) is 0 Å². The third kappa shape index (κ3) is 1.57. The molecule has 2 rings (SSSR count). The van der Waals surface area contributed by atoms with Gasteiger partial charge in [-0.2, -0.15) is 0 Å². The van der Waals surface area contributed by atoms with Gasteiger partial charge in [0.1, 0.15) is 10.9 Å². The van der Waals surface area contributed by atoms with Crippen molar-refractivity contribution in [2.75, 3.05) is 7.11 Å². The number of pyridine rings is 1. The highest BCUT2D eigenvalue weighted by atomic mass is 79.9. The number of hydrogen-bond donors (Lipinski definition) is 0. The van der Waals surface area contributed by atoms with Crippen LogP contribution in [-0.2, 0) is 0 Å². The summed E-state index contributed by atoms with van der Waals surface area (Å²) in [4.78, 5) is 4.05. The van der Waals surface area contributed by atoms with Crippen LogP contribution in [0.1, 0.15) is 0 Å². The monoisotopic (exact) mass is 271 g/mol. The number of hydrogen-bond acceptors (Lipinski definition) is 2. The van der Waals surface area contributed by atoms with Crippen LogP contribution < -0.4 is 4.74 Å². The maximum absolute atomic E-state index is 5.97. The summed E-state index contributed by atoms with van der Waals surface area (Å²) in [6.07, 6.45) is 1.69. The average Bonchev–Trinajstić information content (AvgIpc) is 2.23. The Hall–Kier alpha value is -0.800. The quantitative estimate of drug-likeness (QED) is 0.739. The number of ether oxygens (including phenoxy) is 1. The van der Waals surface area contributed by atoms with E-state index >= 15 is 0 Å². The average molecular weight is 273 g/mol. The van der Waals surface area contributed by atoms with Crippen LogP contribution in [0.5, 0.6) is 5.75 Å². The zero-order chi connectivity index (χ0) is 10.1. The van der Waals surface area contributed by atoms with Crippen molar-refractivity contribution in [3.8, 4) is 5.75 Å². The van der Waals surface area contributed by atoms with Crippen LogP contribution in [0.4, 0.5) is 0 Å². The maximum Gasteiger partial charge on any atom is 0.137 e. The number of nitrogens with zero attached hydrogens (tertiary/aromatic N) is 1. The summed E-state index contributed by atoms with van der Waals surface area (Å²) in [7, 11) is 1.63. The summed E-state index contributed by atoms with van der Waals surface area (Å²) in [5.74, 6) is 0.777. The smallest absolute Gasteiger partial charge is 0.137 e. The van der Waals surface area contributed by atoms with E-state index in [-0.39, 0.29) is 0 Å². The summed E-state index contributed by atoms with van der Waals surface area (Å²) in [5, 5.41) is 2.41. The summed E-state index contributed by atoms with van der Waals surface area (Å²) < 4.78 is 6.05. The van der Waals surface area contributed by atoms with E-state index in [1.54, 1.807) is 13.3 Å². The molecule has 0 aliphatic rings. The second-order valence-corrected chi connectivity index (χ2v) is 4.02. The van der Waals surface area contributed by atoms with Gasteiger partial charge in [0.05, 0.1) is 7.11 Å². The molecule has 1 aromatic heterocycles. The van der Waals surface area contributed by atoms with Gasteiger partial charge in [-0.3, -0.25) is 0 Å². The van der Waals surface area contributed by atoms with Crippen LogP contribution in [0.15, 0.2) is 28.9 Å². The summed E-state index contributed by atoms with van der Waals surface area (Å²) in [6, 6.07) is 5.71. The van der Waals surface area contributed by atoms with Gasteiger partial charge in [-0.05, 0) is 34.1 Å². The predicted molar refractivity (Wildman–Crippen MR) is 61.0 cm³/mol. The normalized spacial score (nSPS) is 10.5. The third-order valence-corrected chi connectivity index (χ3v) is 2.93. The molecule has 0 saturated carbocycles. The first-order chi connectivity index (χ1) is 6.72. The lowest BCUT2D eigenvalue weighted by atomic mass is 10.2. The fourth-order valence-electron chi connectivity index (χ4n) is 1.28. The van der Waals surface area contributed by atoms with Gasteiger partial charge in [0.15, 0.2) is 0 Å². The largest absolute Gasteiger partial charge is 0.497 e. The lowest BCUT2D eigenvalue weighted by Gasteiger charge is -2.04. The molecular weight excluding hydrogens is 265 g/mol. The van der Waals surface area contributed by atoms with Crippen molar-refractivity contribution < 1.29 is 4.74 Å². The molecule has 2 nitrogen and oxygen atoms in total. The van der Waals surface area contributed by atoms with E-state index in [0.29, 0.717) is 5.15 Å². The summed E-state index contributed by atoms with van der Waals surface area (Å²) in [5.41, 5.74) is 0. The Morgan fingerprint density at radius 2 is 2.14 bits per heavy atom. The molecule has 0 spiro atoms. The van der Waals surface area contributed by atoms with Gasteiger partial charge >= 0.3 is 0 Å². The zero-order valence-corrected chi connectivity index (χ0v) is 9.76. The van der Waals surface area contributed by atoms with Gasteiger partial charge in [-0.25, -0.2) is 4.98 Å². The molecule has 0 aliphatic carbocycles. The van der Waals surface area contributed by atoms with Gasteiger partial charge in [-0.1, -0.05) is 11.6 Å². The second kappa shape index (κ2) is 3.75. The Morgan fingerprint density at radius 1 is 1.36 bits per heavy atom. The first-order valence-corrected chi connectivity index (χ1v) is 5.17. The van der Waals surface area contributed by atoms with Gasteiger partial charge in [0.25, 0.3) is 0 Å². The number of fused-ring (bicyclic) bond motifs is 1. The standard InChI is InChI=1S/C10H7BrClNO/c1-14-6-2-3-7-8(4-6)10(12)13-5-9(7)11/h2-5H,1H3. The molecule has 0 radical (unpaired) electrons. The minimum Gasteiger partial charge on any atom is -0.497 e. The van der Waals surface area contributed by atoms with Crippen molar-refractivity contribution in [2.45, 2.75) is 0 Å². The summed E-state index contributed by atoms with van der Waals surface area (Å²) in [6.45, 7) is 0. The highest BCUT2D eigenvalue weighted by molar-refractivity contribution is 9.10. The van der Waals surface area contributed by atoms with Crippen LogP contribution in [-0.4, -0.2) is 12.1 Å². The SMILES string of the molecule is COc1ccc2c(Br)cnc(Cl)c2c1. The minimum atomic E-state index is 0.488. The van der Waals surface area contributed by atoms with Crippen molar-refractivity contribution in [2.24, 2.45) is 0 Å². The minimum absolute atomic E-state index is 0.488. The van der Waals surface area contributed by atoms with Crippen molar-refractivity contribution in [1.82, 2.24) is 4.98 Å². The fraction of sp³-hybridized carbons (Fsp3) is 0.100. The maximum atomic E-state index is 5.97. The third-order valence-electron chi connectivity index (χ3n) is 2.00. The van der Waals surface area contributed by atoms with Crippen molar-refractivity contribution in [3.05, 3.63) is 34.0 Å². The second-order valence-electron chi connectivity index (χ2n) is 2.81. The molecule has 0 amide bonds. The van der Waals surface area contributed by atoms with Crippen LogP contribution in [0.2, 0.25) is 5.15 Å². The van der Waals surface area contributed by atoms with E-state index in [0.717, 1.165) is 21.0 Å². The molecule has 1 aromatic carbocycles. The highest BCUT2D eigenvalue weighted by Crippen LogP contribution is 2.30. The van der Waals surface area contributed by atoms with Crippen molar-refractivity contribution in [3.63, 3.8) is 0 Å². The molecule has 2 aromatic rings. The molecule has 14 heavy (non-hydrogen) atoms. The molecule has 0 unspecified atom stereocenters. The lowest BCUT2D eigenvalue weighted by Crippen LogP contribution is -1.85. The highest BCUT2D eigenvalue weighted by Gasteiger charge is 2.05. The molecule has 0 atom stereocenters. The van der Waals surface area contributed by atoms with Gasteiger partial charge < -0.3 is 4.74 Å². The Balaban J connectivity index is 2.80. The van der Waals surface area contributed by atoms with Gasteiger partial charge in [0.2, 0.25) is 0 Å². The molecule has 0 fully saturated rings. The van der Waals surface area contributed by atoms with Gasteiger partial charge in [0, 0.05) is 21.4 Å². The first kappa shape index (κ1) is 9.74. The van der Waals surface area contributed by atoms with Crippen molar-refractivity contribution >= 4 is 38.3 Å². The van der Waals surface area contributed by atoms with E-state index in [4.69, 9.17) is 16.3 Å². The molecule has 0 N–H and O–H groups in total. The molecule has 72 valence electrons. The number of rotatable bonds is 1. The molecule has 4 heteroatoms. The van der Waals surface area contributed by atoms with Crippen LogP contribution in [0.25, 0.3) is 10.8 Å². The molecule has 0 saturated heterocycles. The van der Waals surface area contributed by atoms with Gasteiger partial charge in [-0.15, -0.1) is 0 Å². The number of halogens is 2. The molecule has 1 heterocycles. The van der Waals surface area contributed by atoms with E-state index in [1.807, 2.05) is 18.2 Å². The Morgan fingerprint density at radius 3 is 2.86 bits per heavy atom. The van der Waals surface area contributed by atoms with Crippen LogP contribution >= 0.6 is 27.5 Å². The Labute approximate surface area is 95.0 Å². The fourth-order valence-corrected chi connectivity index (χ4v) is 1.93. The molecule has 0 bridgehead atoms. The van der Waals surface area contributed by atoms with E-state index in [1.165, 1.54) is 0 Å². The zero-order valence-electron chi connectivity index (χ0n) is 7.42. The first-order valence-electron chi connectivity index (χ1n) is 4.00. The van der Waals surface area contributed by atoms with E-state index < -0.39 is 0 Å².